The molecule has 0 radical (unpaired) electrons. The van der Waals surface area contributed by atoms with Crippen molar-refractivity contribution in [3.63, 3.8) is 0 Å². The predicted octanol–water partition coefficient (Wildman–Crippen LogP) is 4.66. The van der Waals surface area contributed by atoms with Crippen molar-refractivity contribution in [3.05, 3.63) is 53.9 Å². The molecule has 1 N–H and O–H groups in total. The highest BCUT2D eigenvalue weighted by molar-refractivity contribution is 5.76. The minimum Gasteiger partial charge on any atom is -0.494 e. The molecule has 1 heterocycles. The quantitative estimate of drug-likeness (QED) is 0.720. The van der Waals surface area contributed by atoms with Crippen molar-refractivity contribution in [3.8, 4) is 11.5 Å². The van der Waals surface area contributed by atoms with Gasteiger partial charge in [-0.05, 0) is 36.6 Å². The van der Waals surface area contributed by atoms with Crippen LogP contribution >= 0.6 is 0 Å². The third-order valence-corrected chi connectivity index (χ3v) is 3.72. The molecule has 0 saturated carbocycles. The molecule has 23 heavy (non-hydrogen) atoms. The average Bonchev–Trinajstić information content (AvgIpc) is 2.95. The lowest BCUT2D eigenvalue weighted by Crippen LogP contribution is -2.01. The molecule has 0 aliphatic rings. The molecule has 0 aliphatic carbocycles. The Labute approximate surface area is 136 Å². The lowest BCUT2D eigenvalue weighted by Gasteiger charge is -2.12. The van der Waals surface area contributed by atoms with Gasteiger partial charge in [-0.3, -0.25) is 0 Å². The van der Waals surface area contributed by atoms with Crippen LogP contribution in [0, 0.1) is 0 Å². The molecule has 4 heteroatoms. The number of nitrogens with zero attached hydrogens (tertiary/aromatic N) is 1. The SMILES string of the molecule is CCOc1ccc2nc(COc3ccccc3C(C)C)[nH]c2c1. The highest BCUT2D eigenvalue weighted by atomic mass is 16.5. The summed E-state index contributed by atoms with van der Waals surface area (Å²) in [5.41, 5.74) is 3.10. The smallest absolute Gasteiger partial charge is 0.146 e. The van der Waals surface area contributed by atoms with Crippen LogP contribution in [0.2, 0.25) is 0 Å². The number of aromatic amines is 1. The molecular weight excluding hydrogens is 288 g/mol. The highest BCUT2D eigenvalue weighted by Gasteiger charge is 2.09. The monoisotopic (exact) mass is 310 g/mol. The first kappa shape index (κ1) is 15.4. The van der Waals surface area contributed by atoms with E-state index in [4.69, 9.17) is 9.47 Å². The van der Waals surface area contributed by atoms with Crippen LogP contribution in [0.1, 0.15) is 38.1 Å². The fourth-order valence-electron chi connectivity index (χ4n) is 2.60. The van der Waals surface area contributed by atoms with Crippen molar-refractivity contribution in [2.24, 2.45) is 0 Å². The number of imidazole rings is 1. The Balaban J connectivity index is 1.77. The molecule has 0 spiro atoms. The molecule has 120 valence electrons. The standard InChI is InChI=1S/C19H22N2O2/c1-4-22-14-9-10-16-17(11-14)21-19(20-16)12-23-18-8-6-5-7-15(18)13(2)3/h5-11,13H,4,12H2,1-3H3,(H,20,21). The van der Waals surface area contributed by atoms with E-state index in [1.165, 1.54) is 5.56 Å². The Hall–Kier alpha value is -2.49. The Kier molecular flexibility index (Phi) is 4.51. The third-order valence-electron chi connectivity index (χ3n) is 3.72. The van der Waals surface area contributed by atoms with E-state index < -0.39 is 0 Å². The van der Waals surface area contributed by atoms with Crippen molar-refractivity contribution in [1.82, 2.24) is 9.97 Å². The van der Waals surface area contributed by atoms with Gasteiger partial charge in [-0.25, -0.2) is 4.98 Å². The Morgan fingerprint density at radius 1 is 1.09 bits per heavy atom. The van der Waals surface area contributed by atoms with Gasteiger partial charge < -0.3 is 14.5 Å². The van der Waals surface area contributed by atoms with Gasteiger partial charge in [-0.2, -0.15) is 0 Å². The first-order valence-corrected chi connectivity index (χ1v) is 8.00. The van der Waals surface area contributed by atoms with Gasteiger partial charge in [0.15, 0.2) is 0 Å². The minimum absolute atomic E-state index is 0.419. The van der Waals surface area contributed by atoms with Gasteiger partial charge in [0.2, 0.25) is 0 Å². The number of rotatable bonds is 6. The molecule has 0 amide bonds. The van der Waals surface area contributed by atoms with Crippen LogP contribution in [0.5, 0.6) is 11.5 Å². The van der Waals surface area contributed by atoms with Gasteiger partial charge in [0.1, 0.15) is 23.9 Å². The van der Waals surface area contributed by atoms with Crippen molar-refractivity contribution in [2.75, 3.05) is 6.61 Å². The molecule has 4 nitrogen and oxygen atoms in total. The molecule has 0 saturated heterocycles. The molecule has 0 atom stereocenters. The summed E-state index contributed by atoms with van der Waals surface area (Å²) in [5, 5.41) is 0. The van der Waals surface area contributed by atoms with E-state index in [0.717, 1.165) is 28.4 Å². The number of benzene rings is 2. The Morgan fingerprint density at radius 3 is 2.70 bits per heavy atom. The average molecular weight is 310 g/mol. The van der Waals surface area contributed by atoms with Crippen molar-refractivity contribution < 1.29 is 9.47 Å². The van der Waals surface area contributed by atoms with E-state index >= 15 is 0 Å². The predicted molar refractivity (Wildman–Crippen MR) is 92.1 cm³/mol. The molecule has 3 rings (SSSR count). The van der Waals surface area contributed by atoms with Gasteiger partial charge >= 0.3 is 0 Å². The first-order chi connectivity index (χ1) is 11.2. The number of H-pyrrole nitrogens is 1. The number of fused-ring (bicyclic) bond motifs is 1. The van der Waals surface area contributed by atoms with E-state index in [1.807, 2.05) is 43.3 Å². The zero-order valence-electron chi connectivity index (χ0n) is 13.8. The maximum absolute atomic E-state index is 5.97. The summed E-state index contributed by atoms with van der Waals surface area (Å²) in [6.45, 7) is 7.38. The van der Waals surface area contributed by atoms with Gasteiger partial charge in [0.05, 0.1) is 17.6 Å². The Bertz CT molecular complexity index is 793. The van der Waals surface area contributed by atoms with Crippen LogP contribution < -0.4 is 9.47 Å². The van der Waals surface area contributed by atoms with Gasteiger partial charge in [0, 0.05) is 6.07 Å². The summed E-state index contributed by atoms with van der Waals surface area (Å²) in [7, 11) is 0. The Morgan fingerprint density at radius 2 is 1.91 bits per heavy atom. The van der Waals surface area contributed by atoms with Crippen LogP contribution in [0.15, 0.2) is 42.5 Å². The second kappa shape index (κ2) is 6.73. The molecular formula is C19H22N2O2. The summed E-state index contributed by atoms with van der Waals surface area (Å²) in [5.74, 6) is 3.00. The number of para-hydroxylation sites is 1. The lowest BCUT2D eigenvalue weighted by atomic mass is 10.0. The highest BCUT2D eigenvalue weighted by Crippen LogP contribution is 2.26. The molecule has 0 aliphatic heterocycles. The maximum Gasteiger partial charge on any atom is 0.146 e. The number of hydrogen-bond acceptors (Lipinski definition) is 3. The fraction of sp³-hybridized carbons (Fsp3) is 0.316. The summed E-state index contributed by atoms with van der Waals surface area (Å²) in [4.78, 5) is 7.86. The van der Waals surface area contributed by atoms with Crippen LogP contribution in [-0.4, -0.2) is 16.6 Å². The number of ether oxygens (including phenoxy) is 2. The van der Waals surface area contributed by atoms with E-state index in [1.54, 1.807) is 0 Å². The number of aromatic nitrogens is 2. The minimum atomic E-state index is 0.419. The van der Waals surface area contributed by atoms with Crippen molar-refractivity contribution >= 4 is 11.0 Å². The molecule has 0 fully saturated rings. The molecule has 2 aromatic carbocycles. The van der Waals surface area contributed by atoms with E-state index in [-0.39, 0.29) is 0 Å². The third kappa shape index (κ3) is 3.47. The van der Waals surface area contributed by atoms with Gasteiger partial charge in [-0.1, -0.05) is 32.0 Å². The first-order valence-electron chi connectivity index (χ1n) is 8.00. The van der Waals surface area contributed by atoms with Crippen LogP contribution in [0.4, 0.5) is 0 Å². The zero-order chi connectivity index (χ0) is 16.2. The summed E-state index contributed by atoms with van der Waals surface area (Å²) in [6.07, 6.45) is 0. The normalized spacial score (nSPS) is 11.1. The number of hydrogen-bond donors (Lipinski definition) is 1. The fourth-order valence-corrected chi connectivity index (χ4v) is 2.60. The number of nitrogens with one attached hydrogen (secondary N) is 1. The van der Waals surface area contributed by atoms with Crippen LogP contribution in [-0.2, 0) is 6.61 Å². The van der Waals surface area contributed by atoms with Crippen molar-refractivity contribution in [2.45, 2.75) is 33.3 Å². The topological polar surface area (TPSA) is 47.1 Å². The van der Waals surface area contributed by atoms with Crippen LogP contribution in [0.25, 0.3) is 11.0 Å². The summed E-state index contributed by atoms with van der Waals surface area (Å²) < 4.78 is 11.5. The van der Waals surface area contributed by atoms with E-state index in [9.17, 15) is 0 Å². The summed E-state index contributed by atoms with van der Waals surface area (Å²) in [6, 6.07) is 14.0. The van der Waals surface area contributed by atoms with Crippen molar-refractivity contribution in [1.29, 1.82) is 0 Å². The molecule has 0 bridgehead atoms. The largest absolute Gasteiger partial charge is 0.494 e. The zero-order valence-corrected chi connectivity index (χ0v) is 13.8. The maximum atomic E-state index is 5.97. The lowest BCUT2D eigenvalue weighted by molar-refractivity contribution is 0.293. The summed E-state index contributed by atoms with van der Waals surface area (Å²) >= 11 is 0. The van der Waals surface area contributed by atoms with E-state index in [0.29, 0.717) is 19.1 Å². The second-order valence-corrected chi connectivity index (χ2v) is 5.78. The second-order valence-electron chi connectivity index (χ2n) is 5.78. The van der Waals surface area contributed by atoms with Crippen LogP contribution in [0.3, 0.4) is 0 Å². The van der Waals surface area contributed by atoms with Gasteiger partial charge in [0.25, 0.3) is 0 Å². The molecule has 0 unspecified atom stereocenters. The van der Waals surface area contributed by atoms with Gasteiger partial charge in [-0.15, -0.1) is 0 Å². The molecule has 3 aromatic rings. The molecule has 1 aromatic heterocycles. The van der Waals surface area contributed by atoms with E-state index in [2.05, 4.69) is 29.9 Å².